The molecule has 0 spiro atoms. The molecule has 2 N–H and O–H groups in total. The van der Waals surface area contributed by atoms with Gasteiger partial charge in [0.2, 0.25) is 0 Å². The molecule has 2 aliphatic heterocycles. The van der Waals surface area contributed by atoms with Crippen LogP contribution in [0.2, 0.25) is 0 Å². The van der Waals surface area contributed by atoms with Crippen molar-refractivity contribution in [2.75, 3.05) is 6.54 Å². The molecule has 2 heterocycles. The molecule has 1 aromatic carbocycles. The molecule has 3 heteroatoms. The Labute approximate surface area is 115 Å². The molecule has 0 radical (unpaired) electrons. The quantitative estimate of drug-likeness (QED) is 0.910. The van der Waals surface area contributed by atoms with Crippen LogP contribution in [0.4, 0.5) is 0 Å². The molecular weight excluding hydrogens is 238 g/mol. The van der Waals surface area contributed by atoms with E-state index in [1.54, 1.807) is 0 Å². The van der Waals surface area contributed by atoms with Crippen LogP contribution in [0.5, 0.6) is 11.5 Å². The Morgan fingerprint density at radius 2 is 2.00 bits per heavy atom. The highest BCUT2D eigenvalue weighted by atomic mass is 16.5. The van der Waals surface area contributed by atoms with Gasteiger partial charge in [-0.1, -0.05) is 6.92 Å². The molecule has 0 amide bonds. The molecule has 3 unspecified atom stereocenters. The lowest BCUT2D eigenvalue weighted by atomic mass is 9.88. The number of fused-ring (bicyclic) bond motifs is 2. The second kappa shape index (κ2) is 4.71. The fourth-order valence-corrected chi connectivity index (χ4v) is 3.37. The van der Waals surface area contributed by atoms with E-state index in [1.807, 2.05) is 0 Å². The summed E-state index contributed by atoms with van der Waals surface area (Å²) in [4.78, 5) is 0. The van der Waals surface area contributed by atoms with E-state index in [2.05, 4.69) is 26.8 Å². The summed E-state index contributed by atoms with van der Waals surface area (Å²) in [5.74, 6) is 2.63. The van der Waals surface area contributed by atoms with Crippen molar-refractivity contribution in [2.45, 2.75) is 58.2 Å². The average molecular weight is 261 g/mol. The normalized spacial score (nSPS) is 25.5. The molecule has 0 bridgehead atoms. The van der Waals surface area contributed by atoms with Crippen molar-refractivity contribution in [3.63, 3.8) is 0 Å². The number of nitrogens with two attached hydrogens (primary N) is 1. The van der Waals surface area contributed by atoms with E-state index in [0.717, 1.165) is 30.8 Å². The third kappa shape index (κ3) is 2.10. The van der Waals surface area contributed by atoms with Crippen LogP contribution in [0.3, 0.4) is 0 Å². The first kappa shape index (κ1) is 12.8. The zero-order valence-electron chi connectivity index (χ0n) is 12.0. The summed E-state index contributed by atoms with van der Waals surface area (Å²) in [5.41, 5.74) is 9.75. The standard InChI is InChI=1S/C16H23NO2/c1-9(4-5-17)15-13-7-11(3)18-14(13)8-12-6-10(2)19-16(12)15/h8-11H,4-7,17H2,1-3H3. The largest absolute Gasteiger partial charge is 0.490 e. The van der Waals surface area contributed by atoms with Crippen molar-refractivity contribution >= 4 is 0 Å². The molecule has 0 fully saturated rings. The van der Waals surface area contributed by atoms with E-state index in [0.29, 0.717) is 12.5 Å². The van der Waals surface area contributed by atoms with Crippen LogP contribution >= 0.6 is 0 Å². The zero-order valence-corrected chi connectivity index (χ0v) is 12.0. The smallest absolute Gasteiger partial charge is 0.127 e. The van der Waals surface area contributed by atoms with Crippen molar-refractivity contribution in [1.82, 2.24) is 0 Å². The first-order valence-electron chi connectivity index (χ1n) is 7.32. The molecule has 0 saturated heterocycles. The lowest BCUT2D eigenvalue weighted by molar-refractivity contribution is 0.251. The SMILES string of the molecule is CC1Cc2c(cc3c(c2C(C)CCN)OC(C)C3)O1. The third-order valence-corrected chi connectivity index (χ3v) is 4.20. The molecule has 0 aromatic heterocycles. The number of ether oxygens (including phenoxy) is 2. The number of rotatable bonds is 3. The van der Waals surface area contributed by atoms with Gasteiger partial charge in [0.25, 0.3) is 0 Å². The summed E-state index contributed by atoms with van der Waals surface area (Å²) in [6.07, 6.45) is 3.53. The predicted molar refractivity (Wildman–Crippen MR) is 76.1 cm³/mol. The lowest BCUT2D eigenvalue weighted by Crippen LogP contribution is -2.10. The lowest BCUT2D eigenvalue weighted by Gasteiger charge is -2.19. The molecule has 3 nitrogen and oxygen atoms in total. The maximum absolute atomic E-state index is 6.07. The highest BCUT2D eigenvalue weighted by Gasteiger charge is 2.33. The Morgan fingerprint density at radius 1 is 1.26 bits per heavy atom. The summed E-state index contributed by atoms with van der Waals surface area (Å²) in [6, 6.07) is 2.19. The fraction of sp³-hybridized carbons (Fsp3) is 0.625. The molecule has 3 atom stereocenters. The van der Waals surface area contributed by atoms with Crippen LogP contribution in [0, 0.1) is 0 Å². The van der Waals surface area contributed by atoms with Crippen molar-refractivity contribution < 1.29 is 9.47 Å². The molecule has 0 aliphatic carbocycles. The summed E-state index contributed by atoms with van der Waals surface area (Å²) in [7, 11) is 0. The molecule has 2 aliphatic rings. The highest BCUT2D eigenvalue weighted by Crippen LogP contribution is 2.46. The van der Waals surface area contributed by atoms with Crippen LogP contribution in [0.25, 0.3) is 0 Å². The maximum atomic E-state index is 6.07. The predicted octanol–water partition coefficient (Wildman–Crippen LogP) is 2.79. The van der Waals surface area contributed by atoms with E-state index in [9.17, 15) is 0 Å². The van der Waals surface area contributed by atoms with Crippen LogP contribution in [-0.2, 0) is 12.8 Å². The van der Waals surface area contributed by atoms with Gasteiger partial charge < -0.3 is 15.2 Å². The minimum Gasteiger partial charge on any atom is -0.490 e. The van der Waals surface area contributed by atoms with Gasteiger partial charge in [0, 0.05) is 29.5 Å². The Kier molecular flexibility index (Phi) is 3.17. The highest BCUT2D eigenvalue weighted by molar-refractivity contribution is 5.58. The van der Waals surface area contributed by atoms with E-state index in [-0.39, 0.29) is 12.2 Å². The summed E-state index contributed by atoms with van der Waals surface area (Å²) in [6.45, 7) is 7.22. The van der Waals surface area contributed by atoms with Crippen LogP contribution < -0.4 is 15.2 Å². The minimum absolute atomic E-state index is 0.277. The Balaban J connectivity index is 2.10. The van der Waals surface area contributed by atoms with Gasteiger partial charge >= 0.3 is 0 Å². The van der Waals surface area contributed by atoms with Crippen molar-refractivity contribution in [2.24, 2.45) is 5.73 Å². The number of benzene rings is 1. The Bertz CT molecular complexity index is 462. The first-order valence-corrected chi connectivity index (χ1v) is 7.32. The van der Waals surface area contributed by atoms with Gasteiger partial charge in [-0.2, -0.15) is 0 Å². The molecule has 104 valence electrons. The van der Waals surface area contributed by atoms with Crippen LogP contribution in [-0.4, -0.2) is 18.8 Å². The van der Waals surface area contributed by atoms with Crippen molar-refractivity contribution in [1.29, 1.82) is 0 Å². The van der Waals surface area contributed by atoms with Gasteiger partial charge in [0.05, 0.1) is 0 Å². The van der Waals surface area contributed by atoms with Crippen molar-refractivity contribution in [3.8, 4) is 11.5 Å². The van der Waals surface area contributed by atoms with E-state index in [1.165, 1.54) is 16.7 Å². The van der Waals surface area contributed by atoms with Gasteiger partial charge in [-0.25, -0.2) is 0 Å². The molecule has 0 saturated carbocycles. The van der Waals surface area contributed by atoms with E-state index >= 15 is 0 Å². The van der Waals surface area contributed by atoms with Gasteiger partial charge in [0.1, 0.15) is 23.7 Å². The molecule has 19 heavy (non-hydrogen) atoms. The fourth-order valence-electron chi connectivity index (χ4n) is 3.37. The van der Waals surface area contributed by atoms with Crippen LogP contribution in [0.1, 0.15) is 49.8 Å². The Morgan fingerprint density at radius 3 is 2.74 bits per heavy atom. The monoisotopic (exact) mass is 261 g/mol. The van der Waals surface area contributed by atoms with Gasteiger partial charge in [-0.15, -0.1) is 0 Å². The zero-order chi connectivity index (χ0) is 13.6. The second-order valence-corrected chi connectivity index (χ2v) is 6.00. The van der Waals surface area contributed by atoms with Gasteiger partial charge in [-0.3, -0.25) is 0 Å². The minimum atomic E-state index is 0.277. The summed E-state index contributed by atoms with van der Waals surface area (Å²) >= 11 is 0. The second-order valence-electron chi connectivity index (χ2n) is 6.00. The van der Waals surface area contributed by atoms with E-state index in [4.69, 9.17) is 15.2 Å². The average Bonchev–Trinajstić information content (AvgIpc) is 2.86. The number of hydrogen-bond acceptors (Lipinski definition) is 3. The molecule has 3 rings (SSSR count). The summed E-state index contributed by atoms with van der Waals surface area (Å²) < 4.78 is 12.0. The summed E-state index contributed by atoms with van der Waals surface area (Å²) in [5, 5.41) is 0. The van der Waals surface area contributed by atoms with Crippen LogP contribution in [0.15, 0.2) is 6.07 Å². The van der Waals surface area contributed by atoms with E-state index < -0.39 is 0 Å². The van der Waals surface area contributed by atoms with Gasteiger partial charge in [0.15, 0.2) is 0 Å². The topological polar surface area (TPSA) is 44.5 Å². The van der Waals surface area contributed by atoms with Crippen molar-refractivity contribution in [3.05, 3.63) is 22.8 Å². The maximum Gasteiger partial charge on any atom is 0.127 e. The number of hydrogen-bond donors (Lipinski definition) is 1. The molecular formula is C16H23NO2. The first-order chi connectivity index (χ1) is 9.10. The Hall–Kier alpha value is -1.22. The third-order valence-electron chi connectivity index (χ3n) is 4.20. The van der Waals surface area contributed by atoms with Gasteiger partial charge in [-0.05, 0) is 38.8 Å². The molecule has 1 aromatic rings.